The number of carbonyl (C=O) groups is 1. The minimum absolute atomic E-state index is 0.0659. The van der Waals surface area contributed by atoms with E-state index in [0.717, 1.165) is 18.5 Å². The second-order valence-electron chi connectivity index (χ2n) is 5.68. The molecule has 0 aliphatic heterocycles. The van der Waals surface area contributed by atoms with Gasteiger partial charge < -0.3 is 5.32 Å². The predicted octanol–water partition coefficient (Wildman–Crippen LogP) is 3.46. The number of aryl methyl sites for hydroxylation is 1. The molecule has 1 N–H and O–H groups in total. The zero-order valence-electron chi connectivity index (χ0n) is 12.2. The van der Waals surface area contributed by atoms with Crippen molar-refractivity contribution in [2.75, 3.05) is 0 Å². The zero-order valence-corrected chi connectivity index (χ0v) is 12.2. The Balaban J connectivity index is 2.02. The molecular weight excluding hydrogens is 236 g/mol. The minimum Gasteiger partial charge on any atom is -0.349 e. The van der Waals surface area contributed by atoms with Crippen LogP contribution in [0.2, 0.25) is 0 Å². The average Bonchev–Trinajstić information content (AvgIpc) is 2.42. The van der Waals surface area contributed by atoms with Gasteiger partial charge in [0.1, 0.15) is 0 Å². The predicted molar refractivity (Wildman–Crippen MR) is 76.8 cm³/mol. The maximum absolute atomic E-state index is 12.3. The highest BCUT2D eigenvalue weighted by Crippen LogP contribution is 2.25. The van der Waals surface area contributed by atoms with Crippen LogP contribution in [-0.4, -0.2) is 10.9 Å². The summed E-state index contributed by atoms with van der Waals surface area (Å²) in [6.45, 7) is 6.14. The van der Waals surface area contributed by atoms with E-state index in [2.05, 4.69) is 24.1 Å². The molecule has 3 nitrogen and oxygen atoms in total. The molecule has 19 heavy (non-hydrogen) atoms. The number of carbonyl (C=O) groups excluding carboxylic acids is 1. The van der Waals surface area contributed by atoms with Crippen LogP contribution in [0.25, 0.3) is 0 Å². The number of pyridine rings is 1. The molecule has 1 aliphatic carbocycles. The van der Waals surface area contributed by atoms with Crippen molar-refractivity contribution in [2.45, 2.75) is 58.9 Å². The zero-order chi connectivity index (χ0) is 13.8. The van der Waals surface area contributed by atoms with Gasteiger partial charge >= 0.3 is 0 Å². The van der Waals surface area contributed by atoms with Crippen LogP contribution in [0, 0.1) is 19.8 Å². The van der Waals surface area contributed by atoms with Crippen LogP contribution in [0.5, 0.6) is 0 Å². The molecule has 1 amide bonds. The largest absolute Gasteiger partial charge is 0.349 e. The highest BCUT2D eigenvalue weighted by molar-refractivity contribution is 5.79. The van der Waals surface area contributed by atoms with Crippen LogP contribution in [-0.2, 0) is 4.79 Å². The molecular formula is C16H24N2O. The molecule has 1 atom stereocenters. The molecule has 1 heterocycles. The van der Waals surface area contributed by atoms with E-state index in [1.807, 2.05) is 19.2 Å². The third-order valence-corrected chi connectivity index (χ3v) is 4.30. The minimum atomic E-state index is 0.0659. The average molecular weight is 260 g/mol. The summed E-state index contributed by atoms with van der Waals surface area (Å²) in [6.07, 6.45) is 7.59. The van der Waals surface area contributed by atoms with E-state index in [4.69, 9.17) is 0 Å². The lowest BCUT2D eigenvalue weighted by Crippen LogP contribution is -2.34. The van der Waals surface area contributed by atoms with Gasteiger partial charge in [-0.1, -0.05) is 19.3 Å². The summed E-state index contributed by atoms with van der Waals surface area (Å²) >= 11 is 0. The molecule has 1 aliphatic rings. The van der Waals surface area contributed by atoms with Gasteiger partial charge in [-0.05, 0) is 50.8 Å². The van der Waals surface area contributed by atoms with Crippen molar-refractivity contribution in [3.8, 4) is 0 Å². The highest BCUT2D eigenvalue weighted by Gasteiger charge is 2.23. The van der Waals surface area contributed by atoms with Crippen LogP contribution in [0.4, 0.5) is 0 Å². The van der Waals surface area contributed by atoms with E-state index in [0.29, 0.717) is 0 Å². The summed E-state index contributed by atoms with van der Waals surface area (Å²) in [5.41, 5.74) is 3.40. The third-order valence-electron chi connectivity index (χ3n) is 4.30. The summed E-state index contributed by atoms with van der Waals surface area (Å²) in [7, 11) is 0. The number of hydrogen-bond acceptors (Lipinski definition) is 2. The summed E-state index contributed by atoms with van der Waals surface area (Å²) in [5, 5.41) is 3.17. The van der Waals surface area contributed by atoms with Gasteiger partial charge in [0.05, 0.1) is 6.04 Å². The van der Waals surface area contributed by atoms with Gasteiger partial charge in [-0.2, -0.15) is 0 Å². The molecule has 0 radical (unpaired) electrons. The van der Waals surface area contributed by atoms with Gasteiger partial charge in [0.25, 0.3) is 0 Å². The van der Waals surface area contributed by atoms with Crippen LogP contribution in [0.1, 0.15) is 61.9 Å². The van der Waals surface area contributed by atoms with Gasteiger partial charge in [0.15, 0.2) is 0 Å². The normalized spacial score (nSPS) is 18.1. The second kappa shape index (κ2) is 6.18. The SMILES string of the molecule is Cc1nccc(C(C)NC(=O)C2CCCCC2)c1C. The van der Waals surface area contributed by atoms with E-state index in [1.165, 1.54) is 30.4 Å². The first-order valence-electron chi connectivity index (χ1n) is 7.32. The fraction of sp³-hybridized carbons (Fsp3) is 0.625. The van der Waals surface area contributed by atoms with E-state index < -0.39 is 0 Å². The monoisotopic (exact) mass is 260 g/mol. The highest BCUT2D eigenvalue weighted by atomic mass is 16.1. The summed E-state index contributed by atoms with van der Waals surface area (Å²) in [4.78, 5) is 16.5. The number of aromatic nitrogens is 1. The molecule has 0 saturated heterocycles. The molecule has 1 fully saturated rings. The lowest BCUT2D eigenvalue weighted by molar-refractivity contribution is -0.126. The van der Waals surface area contributed by atoms with Crippen LogP contribution in [0.3, 0.4) is 0 Å². The Morgan fingerprint density at radius 2 is 2.00 bits per heavy atom. The van der Waals surface area contributed by atoms with Crippen molar-refractivity contribution in [1.82, 2.24) is 10.3 Å². The van der Waals surface area contributed by atoms with Gasteiger partial charge in [-0.25, -0.2) is 0 Å². The Bertz CT molecular complexity index is 450. The van der Waals surface area contributed by atoms with Crippen molar-refractivity contribution in [3.05, 3.63) is 29.1 Å². The van der Waals surface area contributed by atoms with Crippen LogP contribution >= 0.6 is 0 Å². The molecule has 0 spiro atoms. The molecule has 1 aromatic heterocycles. The number of nitrogens with one attached hydrogen (secondary N) is 1. The summed E-state index contributed by atoms with van der Waals surface area (Å²) < 4.78 is 0. The fourth-order valence-corrected chi connectivity index (χ4v) is 2.90. The van der Waals surface area contributed by atoms with Crippen molar-refractivity contribution in [1.29, 1.82) is 0 Å². The molecule has 3 heteroatoms. The van der Waals surface area contributed by atoms with E-state index in [-0.39, 0.29) is 17.9 Å². The molecule has 1 aromatic rings. The Hall–Kier alpha value is -1.38. The lowest BCUT2D eigenvalue weighted by Gasteiger charge is -2.24. The number of rotatable bonds is 3. The third kappa shape index (κ3) is 3.34. The van der Waals surface area contributed by atoms with Crippen LogP contribution in [0.15, 0.2) is 12.3 Å². The van der Waals surface area contributed by atoms with Crippen molar-refractivity contribution < 1.29 is 4.79 Å². The summed E-state index contributed by atoms with van der Waals surface area (Å²) in [5.74, 6) is 0.445. The molecule has 1 unspecified atom stereocenters. The molecule has 1 saturated carbocycles. The Morgan fingerprint density at radius 1 is 1.32 bits per heavy atom. The first-order chi connectivity index (χ1) is 9.09. The van der Waals surface area contributed by atoms with Gasteiger partial charge in [-0.3, -0.25) is 9.78 Å². The Kier molecular flexibility index (Phi) is 4.56. The van der Waals surface area contributed by atoms with Crippen molar-refractivity contribution >= 4 is 5.91 Å². The number of hydrogen-bond donors (Lipinski definition) is 1. The molecule has 104 valence electrons. The smallest absolute Gasteiger partial charge is 0.223 e. The second-order valence-corrected chi connectivity index (χ2v) is 5.68. The lowest BCUT2D eigenvalue weighted by atomic mass is 9.88. The number of amides is 1. The van der Waals surface area contributed by atoms with Crippen LogP contribution < -0.4 is 5.32 Å². The Labute approximate surface area is 115 Å². The standard InChI is InChI=1S/C16H24N2O/c1-11-12(2)17-10-9-15(11)13(3)18-16(19)14-7-5-4-6-8-14/h9-10,13-14H,4-8H2,1-3H3,(H,18,19). The molecule has 0 bridgehead atoms. The number of nitrogens with zero attached hydrogens (tertiary/aromatic N) is 1. The van der Waals surface area contributed by atoms with E-state index >= 15 is 0 Å². The van der Waals surface area contributed by atoms with Gasteiger partial charge in [-0.15, -0.1) is 0 Å². The summed E-state index contributed by atoms with van der Waals surface area (Å²) in [6, 6.07) is 2.07. The molecule has 0 aromatic carbocycles. The topological polar surface area (TPSA) is 42.0 Å². The maximum atomic E-state index is 12.3. The maximum Gasteiger partial charge on any atom is 0.223 e. The van der Waals surface area contributed by atoms with Crippen molar-refractivity contribution in [3.63, 3.8) is 0 Å². The quantitative estimate of drug-likeness (QED) is 0.904. The first-order valence-corrected chi connectivity index (χ1v) is 7.32. The van der Waals surface area contributed by atoms with E-state index in [9.17, 15) is 4.79 Å². The van der Waals surface area contributed by atoms with Crippen molar-refractivity contribution in [2.24, 2.45) is 5.92 Å². The van der Waals surface area contributed by atoms with E-state index in [1.54, 1.807) is 0 Å². The Morgan fingerprint density at radius 3 is 2.68 bits per heavy atom. The van der Waals surface area contributed by atoms with Gasteiger partial charge in [0, 0.05) is 17.8 Å². The van der Waals surface area contributed by atoms with Gasteiger partial charge in [0.2, 0.25) is 5.91 Å². The fourth-order valence-electron chi connectivity index (χ4n) is 2.90. The first kappa shape index (κ1) is 14.0. The molecule has 2 rings (SSSR count).